The molecular weight excluding hydrogens is 364 g/mol. The van der Waals surface area contributed by atoms with E-state index in [2.05, 4.69) is 22.4 Å². The van der Waals surface area contributed by atoms with E-state index in [1.54, 1.807) is 18.4 Å². The van der Waals surface area contributed by atoms with Crippen molar-refractivity contribution >= 4 is 17.2 Å². The van der Waals surface area contributed by atoms with Crippen LogP contribution in [0.5, 0.6) is 0 Å². The van der Waals surface area contributed by atoms with Gasteiger partial charge in [0.25, 0.3) is 17.7 Å². The van der Waals surface area contributed by atoms with Crippen LogP contribution in [0.15, 0.2) is 21.9 Å². The minimum absolute atomic E-state index is 0.0813. The minimum atomic E-state index is 0.0813. The van der Waals surface area contributed by atoms with Crippen molar-refractivity contribution in [2.45, 2.75) is 45.2 Å². The number of carbonyl (C=O) groups excluding carboxylic acids is 1. The number of aromatic nitrogens is 2. The molecule has 2 heterocycles. The van der Waals surface area contributed by atoms with Gasteiger partial charge in [-0.2, -0.15) is 0 Å². The summed E-state index contributed by atoms with van der Waals surface area (Å²) in [6, 6.07) is 4.20. The van der Waals surface area contributed by atoms with E-state index in [0.717, 1.165) is 16.2 Å². The van der Waals surface area contributed by atoms with E-state index < -0.39 is 0 Å². The fourth-order valence-corrected chi connectivity index (χ4v) is 4.18. The SMILES string of the molecule is COCC[NH+](CC(=O)N[C@@H]1CCCC[C@@H]1C)Cc1nnc(-c2cccs2)o1. The average Bonchev–Trinajstić information content (AvgIpc) is 3.33. The van der Waals surface area contributed by atoms with Crippen molar-refractivity contribution in [3.63, 3.8) is 0 Å². The second-order valence-electron chi connectivity index (χ2n) is 7.26. The summed E-state index contributed by atoms with van der Waals surface area (Å²) in [6.45, 7) is 4.40. The van der Waals surface area contributed by atoms with Crippen LogP contribution in [-0.2, 0) is 16.1 Å². The van der Waals surface area contributed by atoms with Crippen LogP contribution >= 0.6 is 11.3 Å². The maximum Gasteiger partial charge on any atom is 0.275 e. The number of quaternary nitrogens is 1. The molecule has 27 heavy (non-hydrogen) atoms. The lowest BCUT2D eigenvalue weighted by Crippen LogP contribution is -3.12. The summed E-state index contributed by atoms with van der Waals surface area (Å²) in [4.78, 5) is 14.6. The molecule has 0 radical (unpaired) electrons. The van der Waals surface area contributed by atoms with Gasteiger partial charge in [0.2, 0.25) is 0 Å². The largest absolute Gasteiger partial charge is 0.414 e. The Labute approximate surface area is 164 Å². The van der Waals surface area contributed by atoms with E-state index in [9.17, 15) is 4.79 Å². The monoisotopic (exact) mass is 393 g/mol. The van der Waals surface area contributed by atoms with Gasteiger partial charge in [0.05, 0.1) is 11.5 Å². The molecule has 0 saturated heterocycles. The third kappa shape index (κ3) is 5.85. The van der Waals surface area contributed by atoms with Crippen molar-refractivity contribution in [2.75, 3.05) is 26.8 Å². The van der Waals surface area contributed by atoms with Crippen molar-refractivity contribution in [3.05, 3.63) is 23.4 Å². The lowest BCUT2D eigenvalue weighted by atomic mass is 9.86. The molecule has 1 aliphatic carbocycles. The number of hydrogen-bond acceptors (Lipinski definition) is 6. The maximum atomic E-state index is 12.6. The summed E-state index contributed by atoms with van der Waals surface area (Å²) >= 11 is 1.57. The average molecular weight is 394 g/mol. The molecule has 148 valence electrons. The van der Waals surface area contributed by atoms with Gasteiger partial charge >= 0.3 is 0 Å². The Hall–Kier alpha value is -1.77. The second kappa shape index (κ2) is 9.96. The summed E-state index contributed by atoms with van der Waals surface area (Å²) in [5, 5.41) is 13.5. The number of ether oxygens (including phenoxy) is 1. The number of thiophene rings is 1. The number of amides is 1. The highest BCUT2D eigenvalue weighted by Crippen LogP contribution is 2.24. The van der Waals surface area contributed by atoms with Crippen molar-refractivity contribution < 1.29 is 18.8 Å². The number of hydrogen-bond donors (Lipinski definition) is 2. The van der Waals surface area contributed by atoms with Crippen LogP contribution in [0.25, 0.3) is 10.8 Å². The molecule has 0 aliphatic heterocycles. The first-order valence-electron chi connectivity index (χ1n) is 9.64. The van der Waals surface area contributed by atoms with Gasteiger partial charge in [0, 0.05) is 13.2 Å². The van der Waals surface area contributed by atoms with Gasteiger partial charge in [-0.25, -0.2) is 0 Å². The van der Waals surface area contributed by atoms with Crippen LogP contribution in [-0.4, -0.2) is 49.0 Å². The zero-order valence-electron chi connectivity index (χ0n) is 16.1. The summed E-state index contributed by atoms with van der Waals surface area (Å²) in [6.07, 6.45) is 4.73. The Morgan fingerprint density at radius 3 is 3.00 bits per heavy atom. The second-order valence-corrected chi connectivity index (χ2v) is 8.21. The first-order chi connectivity index (χ1) is 13.2. The van der Waals surface area contributed by atoms with Gasteiger partial charge in [0.15, 0.2) is 13.1 Å². The molecule has 2 N–H and O–H groups in total. The van der Waals surface area contributed by atoms with E-state index in [-0.39, 0.29) is 5.91 Å². The molecule has 1 fully saturated rings. The van der Waals surface area contributed by atoms with E-state index in [0.29, 0.717) is 50.0 Å². The third-order valence-corrected chi connectivity index (χ3v) is 5.99. The van der Waals surface area contributed by atoms with Crippen LogP contribution < -0.4 is 10.2 Å². The number of methoxy groups -OCH3 is 1. The maximum absolute atomic E-state index is 12.6. The molecular formula is C19H29N4O3S+. The smallest absolute Gasteiger partial charge is 0.275 e. The summed E-state index contributed by atoms with van der Waals surface area (Å²) < 4.78 is 11.0. The van der Waals surface area contributed by atoms with Gasteiger partial charge in [-0.15, -0.1) is 21.5 Å². The molecule has 3 atom stereocenters. The Balaban J connectivity index is 1.57. The molecule has 2 aromatic rings. The first kappa shape index (κ1) is 20.0. The number of rotatable bonds is 9. The van der Waals surface area contributed by atoms with Crippen LogP contribution in [0.4, 0.5) is 0 Å². The third-order valence-electron chi connectivity index (χ3n) is 5.13. The van der Waals surface area contributed by atoms with E-state index in [4.69, 9.17) is 9.15 Å². The summed E-state index contributed by atoms with van der Waals surface area (Å²) in [5.41, 5.74) is 0. The van der Waals surface area contributed by atoms with E-state index in [1.165, 1.54) is 19.3 Å². The molecule has 7 nitrogen and oxygen atoms in total. The zero-order valence-corrected chi connectivity index (χ0v) is 16.9. The van der Waals surface area contributed by atoms with Crippen molar-refractivity contribution in [1.82, 2.24) is 15.5 Å². The molecule has 2 aromatic heterocycles. The van der Waals surface area contributed by atoms with E-state index >= 15 is 0 Å². The zero-order chi connectivity index (χ0) is 19.1. The van der Waals surface area contributed by atoms with Crippen molar-refractivity contribution in [1.29, 1.82) is 0 Å². The van der Waals surface area contributed by atoms with Crippen LogP contribution in [0.2, 0.25) is 0 Å². The molecule has 0 spiro atoms. The fourth-order valence-electron chi connectivity index (χ4n) is 3.54. The Kier molecular flexibility index (Phi) is 7.37. The normalized spacial score (nSPS) is 21.1. The van der Waals surface area contributed by atoms with Gasteiger partial charge in [-0.1, -0.05) is 25.8 Å². The molecule has 1 amide bonds. The lowest BCUT2D eigenvalue weighted by molar-refractivity contribution is -0.907. The van der Waals surface area contributed by atoms with Gasteiger partial charge in [-0.3, -0.25) is 4.79 Å². The fraction of sp³-hybridized carbons (Fsp3) is 0.632. The molecule has 8 heteroatoms. The highest BCUT2D eigenvalue weighted by Gasteiger charge is 2.25. The Morgan fingerprint density at radius 1 is 1.41 bits per heavy atom. The number of carbonyl (C=O) groups is 1. The number of nitrogens with zero attached hydrogens (tertiary/aromatic N) is 2. The molecule has 0 bridgehead atoms. The molecule has 1 aliphatic rings. The molecule has 1 saturated carbocycles. The molecule has 0 aromatic carbocycles. The minimum Gasteiger partial charge on any atom is -0.414 e. The summed E-state index contributed by atoms with van der Waals surface area (Å²) in [5.74, 6) is 1.71. The van der Waals surface area contributed by atoms with Gasteiger partial charge in [-0.05, 0) is 30.2 Å². The number of nitrogens with one attached hydrogen (secondary N) is 2. The Bertz CT molecular complexity index is 704. The standard InChI is InChI=1S/C19H28N4O3S/c1-14-6-3-4-7-15(14)20-17(24)12-23(9-10-25-2)13-18-21-22-19(26-18)16-8-5-11-27-16/h5,8,11,14-15H,3-4,6-7,9-10,12-13H2,1-2H3,(H,20,24)/p+1/t14-,15+/m0/s1. The van der Waals surface area contributed by atoms with Crippen LogP contribution in [0, 0.1) is 5.92 Å². The topological polar surface area (TPSA) is 81.7 Å². The van der Waals surface area contributed by atoms with Crippen LogP contribution in [0.3, 0.4) is 0 Å². The predicted octanol–water partition coefficient (Wildman–Crippen LogP) is 1.52. The first-order valence-corrected chi connectivity index (χ1v) is 10.5. The highest BCUT2D eigenvalue weighted by molar-refractivity contribution is 7.13. The predicted molar refractivity (Wildman–Crippen MR) is 103 cm³/mol. The van der Waals surface area contributed by atoms with E-state index in [1.807, 2.05) is 17.5 Å². The lowest BCUT2D eigenvalue weighted by Gasteiger charge is -2.29. The molecule has 1 unspecified atom stereocenters. The van der Waals surface area contributed by atoms with Crippen LogP contribution in [0.1, 0.15) is 38.5 Å². The van der Waals surface area contributed by atoms with Crippen molar-refractivity contribution in [2.24, 2.45) is 5.92 Å². The highest BCUT2D eigenvalue weighted by atomic mass is 32.1. The molecule has 3 rings (SSSR count). The quantitative estimate of drug-likeness (QED) is 0.675. The van der Waals surface area contributed by atoms with Crippen molar-refractivity contribution in [3.8, 4) is 10.8 Å². The van der Waals surface area contributed by atoms with Gasteiger partial charge in [0.1, 0.15) is 6.54 Å². The van der Waals surface area contributed by atoms with Gasteiger partial charge < -0.3 is 19.4 Å². The summed E-state index contributed by atoms with van der Waals surface area (Å²) in [7, 11) is 1.67. The Morgan fingerprint density at radius 2 is 2.26 bits per heavy atom.